The van der Waals surface area contributed by atoms with E-state index in [9.17, 15) is 14.7 Å². The molecular formula is C24H20BrClN2O6S. The van der Waals surface area contributed by atoms with Crippen molar-refractivity contribution >= 4 is 50.9 Å². The molecule has 0 spiro atoms. The highest BCUT2D eigenvalue weighted by Crippen LogP contribution is 2.37. The first-order valence-electron chi connectivity index (χ1n) is 10.2. The van der Waals surface area contributed by atoms with Crippen LogP contribution in [0.2, 0.25) is 5.02 Å². The number of thiazole rings is 1. The standard InChI is InChI=1S/C24H20BrClN2O6S/c1-11-19(23(31)34-4)20(15-10-14(26)5-6-16(15)32-2)28-22(30)18(35-24(28)27-11)8-12-7-13(25)9-17(33-3)21(12)29/h5-10,20,29H,1-4H3/b18-8-/t20-/m1/s1. The van der Waals surface area contributed by atoms with E-state index in [1.54, 1.807) is 43.3 Å². The number of esters is 1. The summed E-state index contributed by atoms with van der Waals surface area (Å²) in [6, 6.07) is 7.37. The predicted molar refractivity (Wildman–Crippen MR) is 136 cm³/mol. The average molecular weight is 580 g/mol. The first kappa shape index (κ1) is 25.0. The van der Waals surface area contributed by atoms with Crippen LogP contribution < -0.4 is 24.4 Å². The number of ether oxygens (including phenoxy) is 3. The summed E-state index contributed by atoms with van der Waals surface area (Å²) in [5, 5.41) is 11.0. The molecule has 0 fully saturated rings. The van der Waals surface area contributed by atoms with Crippen LogP contribution in [0.4, 0.5) is 0 Å². The maximum absolute atomic E-state index is 13.7. The van der Waals surface area contributed by atoms with Crippen molar-refractivity contribution in [3.05, 3.63) is 81.9 Å². The number of rotatable bonds is 5. The van der Waals surface area contributed by atoms with E-state index in [4.69, 9.17) is 25.8 Å². The number of methoxy groups -OCH3 is 3. The van der Waals surface area contributed by atoms with Crippen LogP contribution in [0, 0.1) is 0 Å². The lowest BCUT2D eigenvalue weighted by atomic mass is 9.95. The van der Waals surface area contributed by atoms with Gasteiger partial charge < -0.3 is 19.3 Å². The highest BCUT2D eigenvalue weighted by atomic mass is 79.9. The van der Waals surface area contributed by atoms with E-state index < -0.39 is 17.6 Å². The molecule has 4 rings (SSSR count). The van der Waals surface area contributed by atoms with Crippen LogP contribution in [0.1, 0.15) is 24.1 Å². The number of carbonyl (C=O) groups is 1. The third-order valence-corrected chi connectivity index (χ3v) is 7.16. The number of aromatic hydroxyl groups is 1. The molecule has 35 heavy (non-hydrogen) atoms. The Morgan fingerprint density at radius 2 is 1.91 bits per heavy atom. The minimum atomic E-state index is -0.889. The molecule has 0 saturated carbocycles. The van der Waals surface area contributed by atoms with Crippen molar-refractivity contribution in [2.75, 3.05) is 21.3 Å². The number of aromatic nitrogens is 1. The van der Waals surface area contributed by atoms with Gasteiger partial charge in [-0.25, -0.2) is 9.79 Å². The molecule has 0 bridgehead atoms. The van der Waals surface area contributed by atoms with Gasteiger partial charge in [-0.1, -0.05) is 38.9 Å². The van der Waals surface area contributed by atoms with Crippen molar-refractivity contribution in [2.45, 2.75) is 13.0 Å². The van der Waals surface area contributed by atoms with E-state index >= 15 is 0 Å². The Balaban J connectivity index is 2.04. The number of hydrogen-bond donors (Lipinski definition) is 1. The topological polar surface area (TPSA) is 99.4 Å². The number of fused-ring (bicyclic) bond motifs is 1. The van der Waals surface area contributed by atoms with Crippen LogP contribution in [0.3, 0.4) is 0 Å². The number of nitrogens with zero attached hydrogens (tertiary/aromatic N) is 2. The van der Waals surface area contributed by atoms with Gasteiger partial charge in [-0.05, 0) is 43.3 Å². The minimum absolute atomic E-state index is 0.110. The zero-order valence-electron chi connectivity index (χ0n) is 19.1. The number of phenols is 1. The quantitative estimate of drug-likeness (QED) is 0.464. The molecule has 1 aliphatic rings. The van der Waals surface area contributed by atoms with Crippen LogP contribution in [0.5, 0.6) is 17.2 Å². The zero-order chi connectivity index (χ0) is 25.4. The number of carbonyl (C=O) groups excluding carboxylic acids is 1. The van der Waals surface area contributed by atoms with E-state index in [1.807, 2.05) is 0 Å². The SMILES string of the molecule is COC(=O)C1=C(C)N=c2s/c(=C\c3cc(Br)cc(OC)c3O)c(=O)n2[C@@H]1c1cc(Cl)ccc1OC. The maximum Gasteiger partial charge on any atom is 0.338 e. The molecule has 2 aromatic carbocycles. The third-order valence-electron chi connectivity index (χ3n) is 5.49. The summed E-state index contributed by atoms with van der Waals surface area (Å²) in [4.78, 5) is 31.4. The Labute approximate surface area is 217 Å². The minimum Gasteiger partial charge on any atom is -0.504 e. The molecule has 2 heterocycles. The van der Waals surface area contributed by atoms with Crippen molar-refractivity contribution in [1.82, 2.24) is 4.57 Å². The Morgan fingerprint density at radius 3 is 2.57 bits per heavy atom. The Bertz CT molecular complexity index is 1560. The van der Waals surface area contributed by atoms with Gasteiger partial charge in [0.25, 0.3) is 5.56 Å². The van der Waals surface area contributed by atoms with E-state index in [0.717, 1.165) is 11.3 Å². The van der Waals surface area contributed by atoms with Crippen LogP contribution in [-0.4, -0.2) is 37.0 Å². The van der Waals surface area contributed by atoms with Gasteiger partial charge >= 0.3 is 5.97 Å². The van der Waals surface area contributed by atoms with Crippen molar-refractivity contribution in [2.24, 2.45) is 4.99 Å². The van der Waals surface area contributed by atoms with Crippen LogP contribution in [0.25, 0.3) is 6.08 Å². The van der Waals surface area contributed by atoms with Crippen molar-refractivity contribution < 1.29 is 24.1 Å². The van der Waals surface area contributed by atoms with Crippen molar-refractivity contribution in [3.63, 3.8) is 0 Å². The van der Waals surface area contributed by atoms with Crippen molar-refractivity contribution in [1.29, 1.82) is 0 Å². The number of allylic oxidation sites excluding steroid dienone is 1. The molecule has 0 radical (unpaired) electrons. The summed E-state index contributed by atoms with van der Waals surface area (Å²) >= 11 is 10.8. The zero-order valence-corrected chi connectivity index (χ0v) is 22.2. The highest BCUT2D eigenvalue weighted by molar-refractivity contribution is 9.10. The first-order chi connectivity index (χ1) is 16.7. The smallest absolute Gasteiger partial charge is 0.338 e. The number of hydrogen-bond acceptors (Lipinski definition) is 8. The molecule has 1 atom stereocenters. The molecule has 1 aliphatic heterocycles. The lowest BCUT2D eigenvalue weighted by molar-refractivity contribution is -0.136. The monoisotopic (exact) mass is 578 g/mol. The molecule has 3 aromatic rings. The lowest BCUT2D eigenvalue weighted by Gasteiger charge is -2.25. The summed E-state index contributed by atoms with van der Waals surface area (Å²) in [7, 11) is 4.20. The maximum atomic E-state index is 13.7. The summed E-state index contributed by atoms with van der Waals surface area (Å²) in [5.41, 5.74) is 1.08. The fourth-order valence-corrected chi connectivity index (χ4v) is 5.58. The predicted octanol–water partition coefficient (Wildman–Crippen LogP) is 3.55. The lowest BCUT2D eigenvalue weighted by Crippen LogP contribution is -2.40. The van der Waals surface area contributed by atoms with Gasteiger partial charge in [-0.2, -0.15) is 0 Å². The summed E-state index contributed by atoms with van der Waals surface area (Å²) in [6.45, 7) is 1.68. The van der Waals surface area contributed by atoms with E-state index in [1.165, 1.54) is 25.9 Å². The van der Waals surface area contributed by atoms with Crippen molar-refractivity contribution in [3.8, 4) is 17.2 Å². The molecule has 0 amide bonds. The highest BCUT2D eigenvalue weighted by Gasteiger charge is 2.35. The summed E-state index contributed by atoms with van der Waals surface area (Å²) in [5.74, 6) is -0.0360. The van der Waals surface area contributed by atoms with Crippen LogP contribution in [-0.2, 0) is 9.53 Å². The van der Waals surface area contributed by atoms with Gasteiger partial charge in [-0.15, -0.1) is 0 Å². The second-order valence-corrected chi connectivity index (χ2v) is 9.87. The molecule has 1 N–H and O–H groups in total. The van der Waals surface area contributed by atoms with E-state index in [2.05, 4.69) is 20.9 Å². The molecule has 8 nitrogen and oxygen atoms in total. The van der Waals surface area contributed by atoms with Gasteiger partial charge in [-0.3, -0.25) is 9.36 Å². The fraction of sp³-hybridized carbons (Fsp3) is 0.208. The number of benzene rings is 2. The second kappa shape index (κ2) is 9.88. The van der Waals surface area contributed by atoms with Gasteiger partial charge in [0.1, 0.15) is 11.8 Å². The Kier molecular flexibility index (Phi) is 7.07. The van der Waals surface area contributed by atoms with Gasteiger partial charge in [0.05, 0.1) is 37.1 Å². The molecule has 0 unspecified atom stereocenters. The van der Waals surface area contributed by atoms with E-state index in [0.29, 0.717) is 41.4 Å². The molecule has 1 aromatic heterocycles. The molecular weight excluding hydrogens is 560 g/mol. The van der Waals surface area contributed by atoms with Crippen LogP contribution >= 0.6 is 38.9 Å². The first-order valence-corrected chi connectivity index (χ1v) is 12.2. The molecule has 11 heteroatoms. The molecule has 0 aliphatic carbocycles. The summed E-state index contributed by atoms with van der Waals surface area (Å²) in [6.07, 6.45) is 1.55. The number of halogens is 2. The molecule has 0 saturated heterocycles. The Morgan fingerprint density at radius 1 is 1.20 bits per heavy atom. The number of phenolic OH excluding ortho intramolecular Hbond substituents is 1. The Hall–Kier alpha value is -3.08. The fourth-order valence-electron chi connectivity index (χ4n) is 3.91. The molecule has 182 valence electrons. The normalized spacial score (nSPS) is 15.5. The van der Waals surface area contributed by atoms with Gasteiger partial charge in [0.15, 0.2) is 16.3 Å². The summed E-state index contributed by atoms with van der Waals surface area (Å²) < 4.78 is 18.1. The van der Waals surface area contributed by atoms with Gasteiger partial charge in [0.2, 0.25) is 0 Å². The van der Waals surface area contributed by atoms with Gasteiger partial charge in [0, 0.05) is 20.6 Å². The largest absolute Gasteiger partial charge is 0.504 e. The third kappa shape index (κ3) is 4.49. The second-order valence-electron chi connectivity index (χ2n) is 7.51. The van der Waals surface area contributed by atoms with Crippen LogP contribution in [0.15, 0.2) is 55.9 Å². The average Bonchev–Trinajstić information content (AvgIpc) is 3.14. The van der Waals surface area contributed by atoms with E-state index in [-0.39, 0.29) is 17.1 Å².